The van der Waals surface area contributed by atoms with Crippen LogP contribution in [0.15, 0.2) is 35.5 Å². The van der Waals surface area contributed by atoms with Gasteiger partial charge in [-0.25, -0.2) is 9.97 Å². The van der Waals surface area contributed by atoms with Crippen molar-refractivity contribution in [1.82, 2.24) is 24.8 Å². The highest BCUT2D eigenvalue weighted by Gasteiger charge is 2.17. The molecule has 0 unspecified atom stereocenters. The van der Waals surface area contributed by atoms with E-state index >= 15 is 0 Å². The maximum absolute atomic E-state index is 12.2. The van der Waals surface area contributed by atoms with Crippen molar-refractivity contribution in [1.29, 1.82) is 0 Å². The Kier molecular flexibility index (Phi) is 3.64. The van der Waals surface area contributed by atoms with Crippen LogP contribution in [0.5, 0.6) is 0 Å². The first-order valence-corrected chi connectivity index (χ1v) is 6.84. The molecule has 0 saturated heterocycles. The Balaban J connectivity index is 1.83. The number of benzene rings is 1. The molecule has 112 valence electrons. The standard InChI is InChI=1S/C14H12ClN5O2/c1-20(14(22)9-5-16-7-17-13(9)21)6-12-18-10-3-2-8(15)4-11(10)19-12/h2-5,7H,6H2,1H3,(H,18,19)(H,16,17,21). The predicted molar refractivity (Wildman–Crippen MR) is 81.8 cm³/mol. The Morgan fingerprint density at radius 1 is 1.41 bits per heavy atom. The quantitative estimate of drug-likeness (QED) is 0.766. The van der Waals surface area contributed by atoms with Crippen molar-refractivity contribution in [3.63, 3.8) is 0 Å². The van der Waals surface area contributed by atoms with Gasteiger partial charge in [0, 0.05) is 18.3 Å². The van der Waals surface area contributed by atoms with Crippen LogP contribution < -0.4 is 5.56 Å². The second-order valence-electron chi connectivity index (χ2n) is 4.80. The minimum absolute atomic E-state index is 0.0100. The van der Waals surface area contributed by atoms with E-state index < -0.39 is 11.5 Å². The molecule has 0 bridgehead atoms. The molecule has 1 amide bonds. The molecule has 2 heterocycles. The number of carbonyl (C=O) groups excluding carboxylic acids is 1. The van der Waals surface area contributed by atoms with E-state index in [0.29, 0.717) is 10.8 Å². The molecule has 0 radical (unpaired) electrons. The number of nitrogens with zero attached hydrogens (tertiary/aromatic N) is 3. The van der Waals surface area contributed by atoms with Crippen molar-refractivity contribution < 1.29 is 4.79 Å². The zero-order valence-corrected chi connectivity index (χ0v) is 12.4. The van der Waals surface area contributed by atoms with Gasteiger partial charge in [-0.05, 0) is 18.2 Å². The van der Waals surface area contributed by atoms with Crippen molar-refractivity contribution in [3.8, 4) is 0 Å². The Bertz CT molecular complexity index is 901. The van der Waals surface area contributed by atoms with E-state index in [0.717, 1.165) is 11.0 Å². The molecule has 1 aromatic carbocycles. The zero-order valence-electron chi connectivity index (χ0n) is 11.6. The van der Waals surface area contributed by atoms with Crippen LogP contribution in [-0.4, -0.2) is 37.8 Å². The van der Waals surface area contributed by atoms with Gasteiger partial charge < -0.3 is 14.9 Å². The lowest BCUT2D eigenvalue weighted by Gasteiger charge is -2.14. The summed E-state index contributed by atoms with van der Waals surface area (Å²) in [6.07, 6.45) is 2.48. The van der Waals surface area contributed by atoms with E-state index in [9.17, 15) is 9.59 Å². The van der Waals surface area contributed by atoms with Crippen molar-refractivity contribution in [3.05, 3.63) is 57.5 Å². The van der Waals surface area contributed by atoms with E-state index in [1.165, 1.54) is 17.4 Å². The summed E-state index contributed by atoms with van der Waals surface area (Å²) < 4.78 is 0. The number of halogens is 1. The second kappa shape index (κ2) is 5.61. The highest BCUT2D eigenvalue weighted by molar-refractivity contribution is 6.31. The Morgan fingerprint density at radius 2 is 2.23 bits per heavy atom. The summed E-state index contributed by atoms with van der Waals surface area (Å²) in [5.41, 5.74) is 1.08. The number of hydrogen-bond donors (Lipinski definition) is 2. The average molecular weight is 318 g/mol. The summed E-state index contributed by atoms with van der Waals surface area (Å²) in [5, 5.41) is 0.606. The lowest BCUT2D eigenvalue weighted by Crippen LogP contribution is -2.31. The van der Waals surface area contributed by atoms with Gasteiger partial charge in [-0.15, -0.1) is 0 Å². The number of aromatic amines is 2. The van der Waals surface area contributed by atoms with Crippen LogP contribution in [0.2, 0.25) is 5.02 Å². The fourth-order valence-electron chi connectivity index (χ4n) is 2.11. The normalized spacial score (nSPS) is 10.8. The molecule has 2 aromatic heterocycles. The molecule has 7 nitrogen and oxygen atoms in total. The monoisotopic (exact) mass is 317 g/mol. The number of rotatable bonds is 3. The minimum Gasteiger partial charge on any atom is -0.340 e. The minimum atomic E-state index is -0.469. The molecule has 8 heteroatoms. The molecule has 3 aromatic rings. The van der Waals surface area contributed by atoms with E-state index in [4.69, 9.17) is 11.6 Å². The van der Waals surface area contributed by atoms with Crippen LogP contribution in [0.3, 0.4) is 0 Å². The van der Waals surface area contributed by atoms with Crippen LogP contribution in [0.1, 0.15) is 16.2 Å². The van der Waals surface area contributed by atoms with E-state index in [2.05, 4.69) is 19.9 Å². The maximum Gasteiger partial charge on any atom is 0.263 e. The fourth-order valence-corrected chi connectivity index (χ4v) is 2.28. The van der Waals surface area contributed by atoms with Gasteiger partial charge in [0.2, 0.25) is 0 Å². The van der Waals surface area contributed by atoms with E-state index in [1.54, 1.807) is 25.2 Å². The van der Waals surface area contributed by atoms with Crippen molar-refractivity contribution >= 4 is 28.5 Å². The van der Waals surface area contributed by atoms with Crippen molar-refractivity contribution in [2.24, 2.45) is 0 Å². The van der Waals surface area contributed by atoms with Gasteiger partial charge in [-0.1, -0.05) is 11.6 Å². The Morgan fingerprint density at radius 3 is 3.00 bits per heavy atom. The fraction of sp³-hybridized carbons (Fsp3) is 0.143. The molecule has 0 spiro atoms. The highest BCUT2D eigenvalue weighted by Crippen LogP contribution is 2.17. The van der Waals surface area contributed by atoms with Gasteiger partial charge in [-0.3, -0.25) is 9.59 Å². The third-order valence-corrected chi connectivity index (χ3v) is 3.41. The van der Waals surface area contributed by atoms with Crippen LogP contribution >= 0.6 is 11.6 Å². The summed E-state index contributed by atoms with van der Waals surface area (Å²) in [4.78, 5) is 38.9. The molecule has 22 heavy (non-hydrogen) atoms. The van der Waals surface area contributed by atoms with Gasteiger partial charge in [0.25, 0.3) is 11.5 Å². The topological polar surface area (TPSA) is 94.7 Å². The summed E-state index contributed by atoms with van der Waals surface area (Å²) in [5.74, 6) is 0.182. The molecular formula is C14H12ClN5O2. The smallest absolute Gasteiger partial charge is 0.263 e. The molecule has 0 aliphatic heterocycles. The number of amides is 1. The SMILES string of the molecule is CN(Cc1nc2ccc(Cl)cc2[nH]1)C(=O)c1cnc[nH]c1=O. The molecule has 0 aliphatic carbocycles. The van der Waals surface area contributed by atoms with Crippen LogP contribution in [0, 0.1) is 0 Å². The maximum atomic E-state index is 12.2. The average Bonchev–Trinajstić information content (AvgIpc) is 2.88. The lowest BCUT2D eigenvalue weighted by atomic mass is 10.3. The first kappa shape index (κ1) is 14.3. The number of carbonyl (C=O) groups is 1. The van der Waals surface area contributed by atoms with Crippen molar-refractivity contribution in [2.45, 2.75) is 6.54 Å². The number of aromatic nitrogens is 4. The first-order chi connectivity index (χ1) is 10.5. The molecule has 3 rings (SSSR count). The Hall–Kier alpha value is -2.67. The molecule has 2 N–H and O–H groups in total. The summed E-state index contributed by atoms with van der Waals surface area (Å²) in [6.45, 7) is 0.236. The van der Waals surface area contributed by atoms with Gasteiger partial charge >= 0.3 is 0 Å². The molecule has 0 fully saturated rings. The largest absolute Gasteiger partial charge is 0.340 e. The number of imidazole rings is 1. The van der Waals surface area contributed by atoms with Crippen LogP contribution in [0.4, 0.5) is 0 Å². The molecule has 0 saturated carbocycles. The summed E-state index contributed by atoms with van der Waals surface area (Å²) >= 11 is 5.92. The number of fused-ring (bicyclic) bond motifs is 1. The van der Waals surface area contributed by atoms with Gasteiger partial charge in [0.1, 0.15) is 11.4 Å². The molecule has 0 atom stereocenters. The third kappa shape index (κ3) is 2.71. The Labute approximate surface area is 130 Å². The number of hydrogen-bond acceptors (Lipinski definition) is 4. The van der Waals surface area contributed by atoms with Gasteiger partial charge in [0.05, 0.1) is 23.9 Å². The molecular weight excluding hydrogens is 306 g/mol. The zero-order chi connectivity index (χ0) is 15.7. The summed E-state index contributed by atoms with van der Waals surface area (Å²) in [6, 6.07) is 5.31. The second-order valence-corrected chi connectivity index (χ2v) is 5.24. The van der Waals surface area contributed by atoms with Crippen LogP contribution in [0.25, 0.3) is 11.0 Å². The predicted octanol–water partition coefficient (Wildman–Crippen LogP) is 1.57. The van der Waals surface area contributed by atoms with E-state index in [1.807, 2.05) is 0 Å². The number of nitrogens with one attached hydrogen (secondary N) is 2. The van der Waals surface area contributed by atoms with Gasteiger partial charge in [-0.2, -0.15) is 0 Å². The number of H-pyrrole nitrogens is 2. The molecule has 0 aliphatic rings. The highest BCUT2D eigenvalue weighted by atomic mass is 35.5. The first-order valence-electron chi connectivity index (χ1n) is 6.47. The van der Waals surface area contributed by atoms with E-state index in [-0.39, 0.29) is 12.1 Å². The third-order valence-electron chi connectivity index (χ3n) is 3.18. The van der Waals surface area contributed by atoms with Gasteiger partial charge in [0.15, 0.2) is 0 Å². The summed E-state index contributed by atoms with van der Waals surface area (Å²) in [7, 11) is 1.59. The lowest BCUT2D eigenvalue weighted by molar-refractivity contribution is 0.0779. The van der Waals surface area contributed by atoms with Crippen LogP contribution in [-0.2, 0) is 6.54 Å². The van der Waals surface area contributed by atoms with Crippen molar-refractivity contribution in [2.75, 3.05) is 7.05 Å².